The van der Waals surface area contributed by atoms with E-state index in [9.17, 15) is 5.11 Å². The molecule has 0 bridgehead atoms. The van der Waals surface area contributed by atoms with Gasteiger partial charge in [-0.05, 0) is 46.5 Å². The summed E-state index contributed by atoms with van der Waals surface area (Å²) in [5, 5.41) is 10.1. The lowest BCUT2D eigenvalue weighted by atomic mass is 9.80. The molecule has 0 radical (unpaired) electrons. The van der Waals surface area contributed by atoms with Gasteiger partial charge in [-0.2, -0.15) is 0 Å². The molecule has 76 valence electrons. The standard InChI is InChI=1S/C12H22O/c1-8(2)10-7-6-9(3)11(10)12(4,5)13/h9,11,13H,6-7H2,1-5H3/t9-,11+/m1/s1. The van der Waals surface area contributed by atoms with E-state index >= 15 is 0 Å². The van der Waals surface area contributed by atoms with Crippen molar-refractivity contribution in [1.82, 2.24) is 0 Å². The zero-order valence-corrected chi connectivity index (χ0v) is 9.52. The molecule has 0 amide bonds. The third-order valence-corrected chi connectivity index (χ3v) is 3.22. The van der Waals surface area contributed by atoms with E-state index in [0.717, 1.165) is 0 Å². The first-order valence-electron chi connectivity index (χ1n) is 5.22. The summed E-state index contributed by atoms with van der Waals surface area (Å²) in [6, 6.07) is 0. The monoisotopic (exact) mass is 182 g/mol. The molecule has 13 heavy (non-hydrogen) atoms. The van der Waals surface area contributed by atoms with Crippen LogP contribution in [0.5, 0.6) is 0 Å². The third-order valence-electron chi connectivity index (χ3n) is 3.22. The molecule has 1 nitrogen and oxygen atoms in total. The molecule has 1 aliphatic rings. The molecule has 0 aromatic rings. The van der Waals surface area contributed by atoms with Gasteiger partial charge in [0.15, 0.2) is 0 Å². The average molecular weight is 182 g/mol. The summed E-state index contributed by atoms with van der Waals surface area (Å²) in [7, 11) is 0. The van der Waals surface area contributed by atoms with Gasteiger partial charge >= 0.3 is 0 Å². The van der Waals surface area contributed by atoms with E-state index in [1.807, 2.05) is 13.8 Å². The fourth-order valence-corrected chi connectivity index (χ4v) is 2.73. The molecular formula is C12H22O. The van der Waals surface area contributed by atoms with Crippen LogP contribution in [0.4, 0.5) is 0 Å². The van der Waals surface area contributed by atoms with Crippen LogP contribution in [0.15, 0.2) is 11.1 Å². The van der Waals surface area contributed by atoms with E-state index < -0.39 is 5.60 Å². The second-order valence-electron chi connectivity index (χ2n) is 5.17. The Kier molecular flexibility index (Phi) is 2.86. The van der Waals surface area contributed by atoms with Crippen molar-refractivity contribution in [2.45, 2.75) is 53.1 Å². The molecule has 1 N–H and O–H groups in total. The lowest BCUT2D eigenvalue weighted by molar-refractivity contribution is 0.0183. The molecule has 0 unspecified atom stereocenters. The van der Waals surface area contributed by atoms with Crippen LogP contribution < -0.4 is 0 Å². The maximum Gasteiger partial charge on any atom is 0.0659 e. The summed E-state index contributed by atoms with van der Waals surface area (Å²) in [5.41, 5.74) is 2.33. The highest BCUT2D eigenvalue weighted by molar-refractivity contribution is 5.21. The van der Waals surface area contributed by atoms with Gasteiger partial charge in [0.25, 0.3) is 0 Å². The van der Waals surface area contributed by atoms with E-state index in [1.165, 1.54) is 24.0 Å². The summed E-state index contributed by atoms with van der Waals surface area (Å²) in [5.74, 6) is 1.00. The molecule has 2 atom stereocenters. The van der Waals surface area contributed by atoms with Gasteiger partial charge in [-0.1, -0.05) is 18.1 Å². The summed E-state index contributed by atoms with van der Waals surface area (Å²) < 4.78 is 0. The molecule has 1 heteroatoms. The normalized spacial score (nSPS) is 29.5. The Morgan fingerprint density at radius 1 is 1.38 bits per heavy atom. The fraction of sp³-hybridized carbons (Fsp3) is 0.833. The average Bonchev–Trinajstić information content (AvgIpc) is 2.28. The lowest BCUT2D eigenvalue weighted by Crippen LogP contribution is -2.33. The highest BCUT2D eigenvalue weighted by Crippen LogP contribution is 2.43. The Hall–Kier alpha value is -0.300. The smallest absolute Gasteiger partial charge is 0.0659 e. The van der Waals surface area contributed by atoms with Gasteiger partial charge in [-0.3, -0.25) is 0 Å². The van der Waals surface area contributed by atoms with Crippen molar-refractivity contribution in [3.63, 3.8) is 0 Å². The Morgan fingerprint density at radius 3 is 2.23 bits per heavy atom. The van der Waals surface area contributed by atoms with E-state index in [2.05, 4.69) is 20.8 Å². The predicted octanol–water partition coefficient (Wildman–Crippen LogP) is 3.14. The molecule has 0 aromatic heterocycles. The quantitative estimate of drug-likeness (QED) is 0.618. The molecular weight excluding hydrogens is 160 g/mol. The number of allylic oxidation sites excluding steroid dienone is 1. The van der Waals surface area contributed by atoms with Crippen LogP contribution in [0.2, 0.25) is 0 Å². The van der Waals surface area contributed by atoms with Crippen molar-refractivity contribution in [3.8, 4) is 0 Å². The van der Waals surface area contributed by atoms with E-state index in [4.69, 9.17) is 0 Å². The van der Waals surface area contributed by atoms with Crippen molar-refractivity contribution < 1.29 is 5.11 Å². The first-order valence-corrected chi connectivity index (χ1v) is 5.22. The molecule has 0 aromatic carbocycles. The Balaban J connectivity index is 2.98. The summed E-state index contributed by atoms with van der Waals surface area (Å²) >= 11 is 0. The minimum absolute atomic E-state index is 0.373. The largest absolute Gasteiger partial charge is 0.390 e. The zero-order chi connectivity index (χ0) is 10.2. The van der Waals surface area contributed by atoms with Crippen molar-refractivity contribution in [2.24, 2.45) is 11.8 Å². The Morgan fingerprint density at radius 2 is 1.92 bits per heavy atom. The summed E-state index contributed by atoms with van der Waals surface area (Å²) in [6.07, 6.45) is 2.41. The van der Waals surface area contributed by atoms with Crippen LogP contribution >= 0.6 is 0 Å². The highest BCUT2D eigenvalue weighted by atomic mass is 16.3. The molecule has 1 aliphatic carbocycles. The summed E-state index contributed by atoms with van der Waals surface area (Å²) in [4.78, 5) is 0. The van der Waals surface area contributed by atoms with Gasteiger partial charge in [0, 0.05) is 5.92 Å². The van der Waals surface area contributed by atoms with E-state index in [1.54, 1.807) is 0 Å². The second kappa shape index (κ2) is 3.45. The van der Waals surface area contributed by atoms with Crippen LogP contribution in [-0.2, 0) is 0 Å². The van der Waals surface area contributed by atoms with Crippen LogP contribution in [0.3, 0.4) is 0 Å². The Bertz CT molecular complexity index is 216. The lowest BCUT2D eigenvalue weighted by Gasteiger charge is -2.31. The van der Waals surface area contributed by atoms with Crippen LogP contribution in [-0.4, -0.2) is 10.7 Å². The topological polar surface area (TPSA) is 20.2 Å². The second-order valence-corrected chi connectivity index (χ2v) is 5.17. The van der Waals surface area contributed by atoms with Gasteiger partial charge in [-0.15, -0.1) is 0 Å². The molecule has 1 rings (SSSR count). The van der Waals surface area contributed by atoms with Crippen molar-refractivity contribution in [3.05, 3.63) is 11.1 Å². The number of rotatable bonds is 1. The van der Waals surface area contributed by atoms with Crippen LogP contribution in [0.25, 0.3) is 0 Å². The molecule has 0 heterocycles. The SMILES string of the molecule is CC(C)=C1CC[C@@H](C)[C@@H]1C(C)(C)O. The number of aliphatic hydroxyl groups is 1. The van der Waals surface area contributed by atoms with Crippen molar-refractivity contribution >= 4 is 0 Å². The summed E-state index contributed by atoms with van der Waals surface area (Å²) in [6.45, 7) is 10.4. The van der Waals surface area contributed by atoms with E-state index in [0.29, 0.717) is 11.8 Å². The first-order chi connectivity index (χ1) is 5.84. The van der Waals surface area contributed by atoms with Gasteiger partial charge in [0.2, 0.25) is 0 Å². The molecule has 0 saturated heterocycles. The van der Waals surface area contributed by atoms with Gasteiger partial charge in [-0.25, -0.2) is 0 Å². The van der Waals surface area contributed by atoms with Gasteiger partial charge < -0.3 is 5.11 Å². The number of hydrogen-bond acceptors (Lipinski definition) is 1. The maximum atomic E-state index is 10.1. The molecule has 1 fully saturated rings. The van der Waals surface area contributed by atoms with Gasteiger partial charge in [0.1, 0.15) is 0 Å². The molecule has 1 saturated carbocycles. The van der Waals surface area contributed by atoms with Gasteiger partial charge in [0.05, 0.1) is 5.60 Å². The maximum absolute atomic E-state index is 10.1. The van der Waals surface area contributed by atoms with E-state index in [-0.39, 0.29) is 0 Å². The first kappa shape index (κ1) is 10.8. The minimum Gasteiger partial charge on any atom is -0.390 e. The molecule has 0 spiro atoms. The highest BCUT2D eigenvalue weighted by Gasteiger charge is 2.38. The Labute approximate surface area is 81.9 Å². The van der Waals surface area contributed by atoms with Crippen LogP contribution in [0.1, 0.15) is 47.5 Å². The molecule has 0 aliphatic heterocycles. The zero-order valence-electron chi connectivity index (χ0n) is 9.52. The minimum atomic E-state index is -0.553. The van der Waals surface area contributed by atoms with Crippen molar-refractivity contribution in [2.75, 3.05) is 0 Å². The van der Waals surface area contributed by atoms with Crippen molar-refractivity contribution in [1.29, 1.82) is 0 Å². The third kappa shape index (κ3) is 2.14. The number of hydrogen-bond donors (Lipinski definition) is 1. The van der Waals surface area contributed by atoms with Crippen LogP contribution in [0, 0.1) is 11.8 Å². The predicted molar refractivity (Wildman–Crippen MR) is 56.6 cm³/mol. The fourth-order valence-electron chi connectivity index (χ4n) is 2.73.